The first-order valence-electron chi connectivity index (χ1n) is 12.5. The molecule has 1 aliphatic rings. The smallest absolute Gasteiger partial charge is 0.253 e. The number of benzene rings is 2. The molecule has 1 aliphatic heterocycles. The molecule has 0 bridgehead atoms. The number of carbonyl (C=O) groups is 1. The number of unbranched alkanes of at least 4 members (excludes halogenated alkanes) is 2. The Morgan fingerprint density at radius 2 is 1.82 bits per heavy atom. The zero-order valence-electron chi connectivity index (χ0n) is 21.0. The summed E-state index contributed by atoms with van der Waals surface area (Å²) < 4.78 is 0. The van der Waals surface area contributed by atoms with Crippen LogP contribution in [0, 0.1) is 0 Å². The number of aromatic hydroxyl groups is 1. The second-order valence-electron chi connectivity index (χ2n) is 9.50. The molecular weight excluding hydrogens is 410 g/mol. The number of phenolic OH excluding ortho intramolecular Hbond substituents is 1. The molecule has 1 fully saturated rings. The van der Waals surface area contributed by atoms with Crippen LogP contribution in [0.1, 0.15) is 74.5 Å². The van der Waals surface area contributed by atoms with Crippen molar-refractivity contribution in [2.24, 2.45) is 0 Å². The molecule has 2 aromatic rings. The minimum absolute atomic E-state index is 0.0390. The van der Waals surface area contributed by atoms with Gasteiger partial charge in [-0.1, -0.05) is 50.1 Å². The molecule has 1 N–H and O–H groups in total. The third-order valence-electron chi connectivity index (χ3n) is 7.04. The first-order valence-corrected chi connectivity index (χ1v) is 12.5. The maximum absolute atomic E-state index is 13.3. The number of rotatable bonds is 9. The van der Waals surface area contributed by atoms with Gasteiger partial charge in [0.15, 0.2) is 0 Å². The van der Waals surface area contributed by atoms with Gasteiger partial charge in [0.2, 0.25) is 0 Å². The van der Waals surface area contributed by atoms with Gasteiger partial charge in [-0.15, -0.1) is 0 Å². The highest BCUT2D eigenvalue weighted by Crippen LogP contribution is 2.36. The fourth-order valence-electron chi connectivity index (χ4n) is 4.99. The minimum Gasteiger partial charge on any atom is -0.508 e. The van der Waals surface area contributed by atoms with E-state index in [1.54, 1.807) is 11.0 Å². The Morgan fingerprint density at radius 3 is 2.52 bits per heavy atom. The van der Waals surface area contributed by atoms with Gasteiger partial charge >= 0.3 is 0 Å². The van der Waals surface area contributed by atoms with E-state index in [0.717, 1.165) is 36.3 Å². The van der Waals surface area contributed by atoms with Gasteiger partial charge in [0.25, 0.3) is 5.91 Å². The summed E-state index contributed by atoms with van der Waals surface area (Å²) in [6.45, 7) is 12.6. The number of piperazine rings is 1. The van der Waals surface area contributed by atoms with Gasteiger partial charge in [0.1, 0.15) is 5.75 Å². The van der Waals surface area contributed by atoms with Crippen molar-refractivity contribution < 1.29 is 9.90 Å². The van der Waals surface area contributed by atoms with Crippen LogP contribution in [-0.4, -0.2) is 71.0 Å². The van der Waals surface area contributed by atoms with E-state index in [0.29, 0.717) is 18.6 Å². The van der Waals surface area contributed by atoms with Crippen LogP contribution in [0.4, 0.5) is 0 Å². The Bertz CT molecular complexity index is 916. The first-order chi connectivity index (χ1) is 15.9. The lowest BCUT2D eigenvalue weighted by Gasteiger charge is -2.48. The Labute approximate surface area is 200 Å². The maximum Gasteiger partial charge on any atom is 0.253 e. The van der Waals surface area contributed by atoms with Crippen molar-refractivity contribution in [2.45, 2.75) is 65.1 Å². The molecule has 3 rings (SSSR count). The van der Waals surface area contributed by atoms with E-state index in [4.69, 9.17) is 0 Å². The number of phenols is 1. The Balaban J connectivity index is 2.01. The standard InChI is InChI=1S/C28H41N3O2/c1-6-8-11-17-30-19-22(4)31(20-21(30)3)27(23-13-12-14-24(32)18-23)25-15-9-10-16-26(25)28(33)29(5)7-2/h9-10,12-16,18,21-22,27,32H,6-8,11,17,19-20H2,1-5H3/t21-,22-,27+/m0/s1. The lowest BCUT2D eigenvalue weighted by atomic mass is 9.90. The first kappa shape index (κ1) is 25.3. The van der Waals surface area contributed by atoms with Crippen molar-refractivity contribution >= 4 is 5.91 Å². The molecule has 5 heteroatoms. The quantitative estimate of drug-likeness (QED) is 0.535. The van der Waals surface area contributed by atoms with Gasteiger partial charge in [0.05, 0.1) is 6.04 Å². The van der Waals surface area contributed by atoms with Crippen LogP contribution in [0.2, 0.25) is 0 Å². The molecule has 0 radical (unpaired) electrons. The second kappa shape index (κ2) is 11.7. The van der Waals surface area contributed by atoms with Gasteiger partial charge in [-0.2, -0.15) is 0 Å². The van der Waals surface area contributed by atoms with Crippen LogP contribution >= 0.6 is 0 Å². The summed E-state index contributed by atoms with van der Waals surface area (Å²) in [5, 5.41) is 10.3. The average molecular weight is 452 g/mol. The third-order valence-corrected chi connectivity index (χ3v) is 7.04. The lowest BCUT2D eigenvalue weighted by Crippen LogP contribution is -2.57. The van der Waals surface area contributed by atoms with Gasteiger partial charge in [-0.05, 0) is 63.1 Å². The normalized spacial score (nSPS) is 20.5. The number of hydrogen-bond acceptors (Lipinski definition) is 4. The molecule has 0 saturated carbocycles. The van der Waals surface area contributed by atoms with Crippen molar-refractivity contribution in [1.29, 1.82) is 0 Å². The van der Waals surface area contributed by atoms with Gasteiger partial charge < -0.3 is 10.0 Å². The van der Waals surface area contributed by atoms with E-state index in [1.807, 2.05) is 44.3 Å². The molecular formula is C28H41N3O2. The zero-order chi connectivity index (χ0) is 24.0. The predicted molar refractivity (Wildman–Crippen MR) is 136 cm³/mol. The van der Waals surface area contributed by atoms with E-state index >= 15 is 0 Å². The molecule has 1 heterocycles. The summed E-state index contributed by atoms with van der Waals surface area (Å²) in [6.07, 6.45) is 3.75. The molecule has 1 saturated heterocycles. The molecule has 5 nitrogen and oxygen atoms in total. The van der Waals surface area contributed by atoms with E-state index in [2.05, 4.69) is 42.7 Å². The average Bonchev–Trinajstić information content (AvgIpc) is 2.81. The summed E-state index contributed by atoms with van der Waals surface area (Å²) in [5.74, 6) is 0.294. The SMILES string of the molecule is CCCCCN1C[C@H](C)N([C@H](c2cccc(O)c2)c2ccccc2C(=O)N(C)CC)C[C@@H]1C. The van der Waals surface area contributed by atoms with Crippen molar-refractivity contribution in [2.75, 3.05) is 33.2 Å². The van der Waals surface area contributed by atoms with Crippen LogP contribution < -0.4 is 0 Å². The van der Waals surface area contributed by atoms with Crippen molar-refractivity contribution in [3.8, 4) is 5.75 Å². The van der Waals surface area contributed by atoms with Gasteiger partial charge in [-0.3, -0.25) is 14.6 Å². The molecule has 180 valence electrons. The van der Waals surface area contributed by atoms with Crippen LogP contribution in [0.3, 0.4) is 0 Å². The third kappa shape index (κ3) is 5.96. The van der Waals surface area contributed by atoms with Crippen LogP contribution in [0.15, 0.2) is 48.5 Å². The maximum atomic E-state index is 13.3. The highest BCUT2D eigenvalue weighted by Gasteiger charge is 2.36. The summed E-state index contributed by atoms with van der Waals surface area (Å²) in [5.41, 5.74) is 2.76. The molecule has 1 amide bonds. The second-order valence-corrected chi connectivity index (χ2v) is 9.50. The molecule has 2 aromatic carbocycles. The lowest BCUT2D eigenvalue weighted by molar-refractivity contribution is 0.0229. The van der Waals surface area contributed by atoms with E-state index < -0.39 is 0 Å². The van der Waals surface area contributed by atoms with E-state index in [9.17, 15) is 9.90 Å². The van der Waals surface area contributed by atoms with Crippen LogP contribution in [0.5, 0.6) is 5.75 Å². The highest BCUT2D eigenvalue weighted by atomic mass is 16.3. The van der Waals surface area contributed by atoms with Gasteiger partial charge in [0, 0.05) is 44.3 Å². The number of carbonyl (C=O) groups excluding carboxylic acids is 1. The Hall–Kier alpha value is -2.37. The summed E-state index contributed by atoms with van der Waals surface area (Å²) in [6, 6.07) is 16.2. The molecule has 33 heavy (non-hydrogen) atoms. The monoisotopic (exact) mass is 451 g/mol. The predicted octanol–water partition coefficient (Wildman–Crippen LogP) is 5.16. The molecule has 0 unspecified atom stereocenters. The van der Waals surface area contributed by atoms with Gasteiger partial charge in [-0.25, -0.2) is 0 Å². The van der Waals surface area contributed by atoms with Crippen LogP contribution in [0.25, 0.3) is 0 Å². The summed E-state index contributed by atoms with van der Waals surface area (Å²) >= 11 is 0. The molecule has 3 atom stereocenters. The molecule has 0 spiro atoms. The Kier molecular flexibility index (Phi) is 8.93. The Morgan fingerprint density at radius 1 is 1.06 bits per heavy atom. The largest absolute Gasteiger partial charge is 0.508 e. The minimum atomic E-state index is -0.0993. The topological polar surface area (TPSA) is 47.0 Å². The fraction of sp³-hybridized carbons (Fsp3) is 0.536. The van der Waals surface area contributed by atoms with Crippen molar-refractivity contribution in [3.05, 3.63) is 65.2 Å². The number of amides is 1. The number of hydrogen-bond donors (Lipinski definition) is 1. The van der Waals surface area contributed by atoms with Crippen LogP contribution in [-0.2, 0) is 0 Å². The fourth-order valence-corrected chi connectivity index (χ4v) is 4.99. The zero-order valence-corrected chi connectivity index (χ0v) is 21.0. The summed E-state index contributed by atoms with van der Waals surface area (Å²) in [4.78, 5) is 20.2. The summed E-state index contributed by atoms with van der Waals surface area (Å²) in [7, 11) is 1.85. The highest BCUT2D eigenvalue weighted by molar-refractivity contribution is 5.95. The molecule has 0 aromatic heterocycles. The van der Waals surface area contributed by atoms with Crippen molar-refractivity contribution in [3.63, 3.8) is 0 Å². The van der Waals surface area contributed by atoms with E-state index in [-0.39, 0.29) is 17.7 Å². The van der Waals surface area contributed by atoms with Crippen molar-refractivity contribution in [1.82, 2.24) is 14.7 Å². The number of nitrogens with zero attached hydrogens (tertiary/aromatic N) is 3. The van der Waals surface area contributed by atoms with E-state index in [1.165, 1.54) is 19.3 Å². The molecule has 0 aliphatic carbocycles.